The molecule has 2 rings (SSSR count). The predicted molar refractivity (Wildman–Crippen MR) is 70.7 cm³/mol. The second kappa shape index (κ2) is 6.38. The topological polar surface area (TPSA) is 57.6 Å². The SMILES string of the molecule is O=C(O)CC1CSCCN1C(=O)c1c(F)cc(F)cc1F. The predicted octanol–water partition coefficient (Wildman–Crippen LogP) is 2.14. The molecule has 114 valence electrons. The second-order valence-corrected chi connectivity index (χ2v) is 5.72. The Morgan fingerprint density at radius 3 is 2.48 bits per heavy atom. The van der Waals surface area contributed by atoms with Crippen LogP contribution in [0.15, 0.2) is 12.1 Å². The van der Waals surface area contributed by atoms with Gasteiger partial charge in [-0.3, -0.25) is 9.59 Å². The van der Waals surface area contributed by atoms with Crippen LogP contribution in [0.5, 0.6) is 0 Å². The Kier molecular flexibility index (Phi) is 4.76. The fourth-order valence-corrected chi connectivity index (χ4v) is 3.25. The molecule has 0 aliphatic carbocycles. The van der Waals surface area contributed by atoms with Crippen molar-refractivity contribution in [2.45, 2.75) is 12.5 Å². The number of hydrogen-bond acceptors (Lipinski definition) is 3. The summed E-state index contributed by atoms with van der Waals surface area (Å²) in [4.78, 5) is 24.2. The number of rotatable bonds is 3. The van der Waals surface area contributed by atoms with Gasteiger partial charge >= 0.3 is 5.97 Å². The van der Waals surface area contributed by atoms with Gasteiger partial charge in [0.15, 0.2) is 0 Å². The van der Waals surface area contributed by atoms with Gasteiger partial charge in [-0.15, -0.1) is 0 Å². The van der Waals surface area contributed by atoms with Crippen molar-refractivity contribution in [1.29, 1.82) is 0 Å². The van der Waals surface area contributed by atoms with E-state index in [0.717, 1.165) is 4.90 Å². The molecule has 1 amide bonds. The summed E-state index contributed by atoms with van der Waals surface area (Å²) in [5.74, 6) is -4.81. The number of carboxylic acid groups (broad SMARTS) is 1. The average Bonchev–Trinajstić information content (AvgIpc) is 2.37. The molecule has 0 spiro atoms. The molecule has 1 aliphatic heterocycles. The van der Waals surface area contributed by atoms with E-state index < -0.39 is 40.9 Å². The van der Waals surface area contributed by atoms with Gasteiger partial charge in [-0.1, -0.05) is 0 Å². The highest BCUT2D eigenvalue weighted by Crippen LogP contribution is 2.24. The molecule has 0 saturated carbocycles. The van der Waals surface area contributed by atoms with Crippen molar-refractivity contribution >= 4 is 23.6 Å². The summed E-state index contributed by atoms with van der Waals surface area (Å²) in [5, 5.41) is 8.84. The molecule has 0 radical (unpaired) electrons. The zero-order valence-electron chi connectivity index (χ0n) is 10.8. The zero-order chi connectivity index (χ0) is 15.6. The molecule has 8 heteroatoms. The first-order valence-corrected chi connectivity index (χ1v) is 7.30. The number of carbonyl (C=O) groups is 2. The van der Waals surface area contributed by atoms with Gasteiger partial charge < -0.3 is 10.0 Å². The van der Waals surface area contributed by atoms with Gasteiger partial charge in [-0.25, -0.2) is 13.2 Å². The molecule has 0 aromatic heterocycles. The lowest BCUT2D eigenvalue weighted by molar-refractivity contribution is -0.138. The van der Waals surface area contributed by atoms with E-state index in [1.54, 1.807) is 0 Å². The first-order valence-electron chi connectivity index (χ1n) is 6.15. The van der Waals surface area contributed by atoms with Crippen LogP contribution in [0.2, 0.25) is 0 Å². The number of thioether (sulfide) groups is 1. The maximum atomic E-state index is 13.7. The molecule has 1 unspecified atom stereocenters. The monoisotopic (exact) mass is 319 g/mol. The number of amides is 1. The summed E-state index contributed by atoms with van der Waals surface area (Å²) < 4.78 is 40.2. The molecule has 0 bridgehead atoms. The van der Waals surface area contributed by atoms with Crippen LogP contribution in [0.25, 0.3) is 0 Å². The number of aliphatic carboxylic acids is 1. The smallest absolute Gasteiger partial charge is 0.305 e. The fraction of sp³-hybridized carbons (Fsp3) is 0.385. The van der Waals surface area contributed by atoms with E-state index in [1.807, 2.05) is 0 Å². The van der Waals surface area contributed by atoms with Gasteiger partial charge in [-0.2, -0.15) is 11.8 Å². The molecular weight excluding hydrogens is 307 g/mol. The van der Waals surface area contributed by atoms with E-state index >= 15 is 0 Å². The molecule has 1 fully saturated rings. The van der Waals surface area contributed by atoms with Crippen molar-refractivity contribution in [2.75, 3.05) is 18.1 Å². The Labute approximate surface area is 122 Å². The van der Waals surface area contributed by atoms with E-state index in [0.29, 0.717) is 23.6 Å². The third-order valence-electron chi connectivity index (χ3n) is 3.12. The minimum atomic E-state index is -1.29. The number of hydrogen-bond donors (Lipinski definition) is 1. The van der Waals surface area contributed by atoms with E-state index in [-0.39, 0.29) is 13.0 Å². The van der Waals surface area contributed by atoms with Crippen molar-refractivity contribution < 1.29 is 27.9 Å². The molecule has 1 aliphatic rings. The van der Waals surface area contributed by atoms with E-state index in [9.17, 15) is 22.8 Å². The zero-order valence-corrected chi connectivity index (χ0v) is 11.6. The van der Waals surface area contributed by atoms with E-state index in [1.165, 1.54) is 11.8 Å². The number of nitrogens with zero attached hydrogens (tertiary/aromatic N) is 1. The lowest BCUT2D eigenvalue weighted by Gasteiger charge is -2.34. The van der Waals surface area contributed by atoms with Crippen molar-refractivity contribution in [3.8, 4) is 0 Å². The fourth-order valence-electron chi connectivity index (χ4n) is 2.18. The number of halogens is 3. The minimum absolute atomic E-state index is 0.192. The van der Waals surface area contributed by atoms with Gasteiger partial charge in [0.2, 0.25) is 0 Å². The molecule has 1 atom stereocenters. The van der Waals surface area contributed by atoms with Crippen molar-refractivity contribution in [1.82, 2.24) is 4.90 Å². The quantitative estimate of drug-likeness (QED) is 0.927. The van der Waals surface area contributed by atoms with E-state index in [4.69, 9.17) is 5.11 Å². The summed E-state index contributed by atoms with van der Waals surface area (Å²) in [7, 11) is 0. The minimum Gasteiger partial charge on any atom is -0.481 e. The van der Waals surface area contributed by atoms with Crippen LogP contribution < -0.4 is 0 Å². The maximum Gasteiger partial charge on any atom is 0.305 e. The van der Waals surface area contributed by atoms with E-state index in [2.05, 4.69) is 0 Å². The summed E-state index contributed by atoms with van der Waals surface area (Å²) in [6, 6.07) is 0.222. The molecule has 21 heavy (non-hydrogen) atoms. The molecule has 1 aromatic carbocycles. The highest BCUT2D eigenvalue weighted by Gasteiger charge is 2.32. The molecule has 1 N–H and O–H groups in total. The standard InChI is InChI=1S/C13H12F3NO3S/c14-7-3-9(15)12(10(16)4-7)13(20)17-1-2-21-6-8(17)5-11(18)19/h3-4,8H,1-2,5-6H2,(H,18,19). The van der Waals surface area contributed by atoms with Crippen molar-refractivity contribution in [2.24, 2.45) is 0 Å². The van der Waals surface area contributed by atoms with Crippen molar-refractivity contribution in [3.05, 3.63) is 35.1 Å². The Hall–Kier alpha value is -1.70. The van der Waals surface area contributed by atoms with Gasteiger partial charge in [0.05, 0.1) is 12.5 Å². The largest absolute Gasteiger partial charge is 0.481 e. The number of benzene rings is 1. The van der Waals surface area contributed by atoms with Gasteiger partial charge in [0, 0.05) is 30.2 Å². The maximum absolute atomic E-state index is 13.7. The first kappa shape index (κ1) is 15.7. The summed E-state index contributed by atoms with van der Waals surface area (Å²) in [6.07, 6.45) is -0.302. The van der Waals surface area contributed by atoms with Crippen molar-refractivity contribution in [3.63, 3.8) is 0 Å². The normalized spacial score (nSPS) is 18.6. The third-order valence-corrected chi connectivity index (χ3v) is 4.21. The van der Waals surface area contributed by atoms with Crippen LogP contribution in [0.3, 0.4) is 0 Å². The Morgan fingerprint density at radius 1 is 1.29 bits per heavy atom. The van der Waals surface area contributed by atoms with Crippen LogP contribution in [0.1, 0.15) is 16.8 Å². The average molecular weight is 319 g/mol. The Bertz CT molecular complexity index is 559. The van der Waals surface area contributed by atoms with Gasteiger partial charge in [-0.05, 0) is 0 Å². The van der Waals surface area contributed by atoms with Gasteiger partial charge in [0.25, 0.3) is 5.91 Å². The summed E-state index contributed by atoms with van der Waals surface area (Å²) in [5.41, 5.74) is -0.848. The highest BCUT2D eigenvalue weighted by molar-refractivity contribution is 7.99. The highest BCUT2D eigenvalue weighted by atomic mass is 32.2. The lowest BCUT2D eigenvalue weighted by atomic mass is 10.1. The Balaban J connectivity index is 2.31. The summed E-state index contributed by atoms with van der Waals surface area (Å²) >= 11 is 1.47. The number of carboxylic acids is 1. The van der Waals surface area contributed by atoms with Crippen LogP contribution in [-0.2, 0) is 4.79 Å². The molecule has 1 aromatic rings. The molecule has 1 saturated heterocycles. The van der Waals surface area contributed by atoms with Crippen LogP contribution in [-0.4, -0.2) is 46.0 Å². The van der Waals surface area contributed by atoms with Gasteiger partial charge in [0.1, 0.15) is 23.0 Å². The van der Waals surface area contributed by atoms with Crippen LogP contribution in [0.4, 0.5) is 13.2 Å². The summed E-state index contributed by atoms with van der Waals surface area (Å²) in [6.45, 7) is 0.192. The number of carbonyl (C=O) groups excluding carboxylic acids is 1. The third kappa shape index (κ3) is 3.49. The second-order valence-electron chi connectivity index (χ2n) is 4.57. The van der Waals surface area contributed by atoms with Crippen LogP contribution in [0, 0.1) is 17.5 Å². The first-order chi connectivity index (χ1) is 9.90. The molecule has 4 nitrogen and oxygen atoms in total. The molecule has 1 heterocycles. The Morgan fingerprint density at radius 2 is 1.90 bits per heavy atom. The lowest BCUT2D eigenvalue weighted by Crippen LogP contribution is -2.47. The van der Waals surface area contributed by atoms with Crippen LogP contribution >= 0.6 is 11.8 Å². The molecular formula is C13H12F3NO3S.